The number of carboxylic acid groups (broad SMARTS) is 1. The van der Waals surface area contributed by atoms with Crippen molar-refractivity contribution >= 4 is 18.6 Å². The summed E-state index contributed by atoms with van der Waals surface area (Å²) in [6.07, 6.45) is 6.39. The van der Waals surface area contributed by atoms with Crippen LogP contribution in [0.25, 0.3) is 11.1 Å². The molecule has 1 saturated carbocycles. The predicted molar refractivity (Wildman–Crippen MR) is 137 cm³/mol. The zero-order chi connectivity index (χ0) is 25.6. The Kier molecular flexibility index (Phi) is 9.54. The molecular formula is C27H34F2N2O2S. The number of hydrogen-bond donors (Lipinski definition) is 4. The molecule has 184 valence electrons. The van der Waals surface area contributed by atoms with Crippen LogP contribution in [0.15, 0.2) is 30.3 Å². The van der Waals surface area contributed by atoms with Crippen molar-refractivity contribution in [1.82, 2.24) is 10.6 Å². The van der Waals surface area contributed by atoms with Gasteiger partial charge in [-0.05, 0) is 84.8 Å². The molecule has 0 radical (unpaired) electrons. The largest absolute Gasteiger partial charge is 0.481 e. The first-order valence-corrected chi connectivity index (χ1v) is 12.1. The third kappa shape index (κ3) is 6.11. The van der Waals surface area contributed by atoms with E-state index in [9.17, 15) is 13.6 Å². The van der Waals surface area contributed by atoms with Gasteiger partial charge in [0.05, 0.1) is 12.5 Å². The fourth-order valence-electron chi connectivity index (χ4n) is 4.85. The number of benzene rings is 2. The van der Waals surface area contributed by atoms with Crippen LogP contribution in [-0.4, -0.2) is 30.4 Å². The Hall–Kier alpha value is -2.56. The van der Waals surface area contributed by atoms with E-state index in [1.54, 1.807) is 6.26 Å². The molecule has 3 atom stereocenters. The number of halogens is 2. The Balaban J connectivity index is 0.000000336. The smallest absolute Gasteiger partial charge is 0.305 e. The van der Waals surface area contributed by atoms with Crippen molar-refractivity contribution in [2.24, 2.45) is 17.3 Å². The minimum atomic E-state index is -1.17. The van der Waals surface area contributed by atoms with E-state index in [4.69, 9.17) is 11.5 Å². The second-order valence-electron chi connectivity index (χ2n) is 9.26. The van der Waals surface area contributed by atoms with Crippen LogP contribution < -0.4 is 10.6 Å². The van der Waals surface area contributed by atoms with Crippen LogP contribution in [0, 0.1) is 55.2 Å². The molecule has 34 heavy (non-hydrogen) atoms. The van der Waals surface area contributed by atoms with Crippen molar-refractivity contribution in [1.29, 1.82) is 0 Å². The first kappa shape index (κ1) is 27.7. The fourth-order valence-corrected chi connectivity index (χ4v) is 4.85. The number of carboxylic acids is 1. The van der Waals surface area contributed by atoms with Crippen LogP contribution in [0.4, 0.5) is 8.78 Å². The van der Waals surface area contributed by atoms with E-state index >= 15 is 0 Å². The Morgan fingerprint density at radius 2 is 1.79 bits per heavy atom. The van der Waals surface area contributed by atoms with Crippen molar-refractivity contribution in [3.05, 3.63) is 58.7 Å². The van der Waals surface area contributed by atoms with Crippen LogP contribution >= 0.6 is 12.6 Å². The van der Waals surface area contributed by atoms with Crippen LogP contribution in [0.5, 0.6) is 0 Å². The SMILES string of the molecule is C#CNC(CC(=O)O)c1cc(-c2c(C)cccc2C)cc(F)c1F.CC1(C)C2CNCC21.CS. The third-order valence-corrected chi connectivity index (χ3v) is 6.85. The van der Waals surface area contributed by atoms with Gasteiger partial charge in [0.15, 0.2) is 11.6 Å². The van der Waals surface area contributed by atoms with Gasteiger partial charge in [-0.25, -0.2) is 8.78 Å². The lowest BCUT2D eigenvalue weighted by Crippen LogP contribution is -2.21. The Morgan fingerprint density at radius 1 is 1.24 bits per heavy atom. The minimum Gasteiger partial charge on any atom is -0.481 e. The summed E-state index contributed by atoms with van der Waals surface area (Å²) >= 11 is 3.53. The maximum atomic E-state index is 14.2. The van der Waals surface area contributed by atoms with Gasteiger partial charge in [0.25, 0.3) is 0 Å². The summed E-state index contributed by atoms with van der Waals surface area (Å²) in [5.41, 5.74) is 3.68. The van der Waals surface area contributed by atoms with Gasteiger partial charge in [0, 0.05) is 11.6 Å². The van der Waals surface area contributed by atoms with Crippen molar-refractivity contribution in [3.63, 3.8) is 0 Å². The van der Waals surface area contributed by atoms with Gasteiger partial charge in [-0.15, -0.1) is 0 Å². The molecule has 2 aliphatic rings. The molecule has 2 aromatic rings. The van der Waals surface area contributed by atoms with E-state index in [0.29, 0.717) is 11.0 Å². The van der Waals surface area contributed by atoms with Crippen molar-refractivity contribution in [2.45, 2.75) is 40.2 Å². The van der Waals surface area contributed by atoms with Gasteiger partial charge in [-0.3, -0.25) is 4.79 Å². The molecule has 1 saturated heterocycles. The lowest BCUT2D eigenvalue weighted by Gasteiger charge is -2.18. The van der Waals surface area contributed by atoms with Gasteiger partial charge < -0.3 is 15.7 Å². The van der Waals surface area contributed by atoms with E-state index < -0.39 is 30.1 Å². The molecule has 1 heterocycles. The number of carbonyl (C=O) groups is 1. The summed E-state index contributed by atoms with van der Waals surface area (Å²) in [4.78, 5) is 11.0. The van der Waals surface area contributed by atoms with Gasteiger partial charge in [0.2, 0.25) is 0 Å². The molecule has 1 aliphatic carbocycles. The number of aryl methyl sites for hydroxylation is 2. The maximum Gasteiger partial charge on any atom is 0.305 e. The number of hydrogen-bond acceptors (Lipinski definition) is 4. The molecule has 4 rings (SSSR count). The molecule has 0 spiro atoms. The number of aliphatic carboxylic acids is 1. The highest BCUT2D eigenvalue weighted by molar-refractivity contribution is 7.79. The van der Waals surface area contributed by atoms with Crippen molar-refractivity contribution < 1.29 is 18.7 Å². The zero-order valence-electron chi connectivity index (χ0n) is 20.4. The lowest BCUT2D eigenvalue weighted by molar-refractivity contribution is -0.137. The highest BCUT2D eigenvalue weighted by Gasteiger charge is 2.59. The second-order valence-corrected chi connectivity index (χ2v) is 9.26. The first-order chi connectivity index (χ1) is 16.1. The van der Waals surface area contributed by atoms with E-state index in [2.05, 4.69) is 43.2 Å². The summed E-state index contributed by atoms with van der Waals surface area (Å²) in [7, 11) is 0. The molecule has 7 heteroatoms. The number of nitrogens with one attached hydrogen (secondary N) is 2. The Morgan fingerprint density at radius 3 is 2.24 bits per heavy atom. The molecule has 2 fully saturated rings. The number of terminal acetylenes is 1. The quantitative estimate of drug-likeness (QED) is 0.260. The van der Waals surface area contributed by atoms with E-state index in [1.165, 1.54) is 19.2 Å². The Labute approximate surface area is 207 Å². The van der Waals surface area contributed by atoms with Gasteiger partial charge in [-0.1, -0.05) is 38.5 Å². The maximum absolute atomic E-state index is 14.2. The summed E-state index contributed by atoms with van der Waals surface area (Å²) in [6, 6.07) is 9.26. The van der Waals surface area contributed by atoms with E-state index in [0.717, 1.165) is 34.6 Å². The standard InChI is InChI=1S/C19H17F2NO2.C7H13N.CH4S/c1-4-22-16(10-17(23)24)14-8-13(9-15(20)19(14)21)18-11(2)6-5-7-12(18)3;1-7(2)5-3-8-4-6(5)7;1-2/h1,5-9,16,22H,10H2,2-3H3,(H,23,24);5-6,8H,3-4H2,1-2H3;2H,1H3. The summed E-state index contributed by atoms with van der Waals surface area (Å²) in [6.45, 7) is 11.1. The first-order valence-electron chi connectivity index (χ1n) is 11.2. The van der Waals surface area contributed by atoms with Gasteiger partial charge >= 0.3 is 5.97 Å². The van der Waals surface area contributed by atoms with Gasteiger partial charge in [-0.2, -0.15) is 12.6 Å². The molecule has 4 nitrogen and oxygen atoms in total. The average Bonchev–Trinajstić information content (AvgIpc) is 3.11. The highest BCUT2D eigenvalue weighted by atomic mass is 32.1. The molecule has 1 aliphatic heterocycles. The lowest BCUT2D eigenvalue weighted by atomic mass is 9.92. The molecular weight excluding hydrogens is 454 g/mol. The highest BCUT2D eigenvalue weighted by Crippen LogP contribution is 2.59. The van der Waals surface area contributed by atoms with Crippen molar-refractivity contribution in [2.75, 3.05) is 19.3 Å². The fraction of sp³-hybridized carbons (Fsp3) is 0.444. The summed E-state index contributed by atoms with van der Waals surface area (Å²) in [5.74, 6) is -1.27. The van der Waals surface area contributed by atoms with Crippen LogP contribution in [0.1, 0.15) is 43.0 Å². The van der Waals surface area contributed by atoms with Crippen LogP contribution in [0.2, 0.25) is 0 Å². The normalized spacial score (nSPS) is 19.9. The summed E-state index contributed by atoms with van der Waals surface area (Å²) < 4.78 is 28.4. The van der Waals surface area contributed by atoms with Crippen LogP contribution in [0.3, 0.4) is 0 Å². The molecule has 2 aromatic carbocycles. The number of piperidine rings is 1. The zero-order valence-corrected chi connectivity index (χ0v) is 21.3. The van der Waals surface area contributed by atoms with Crippen molar-refractivity contribution in [3.8, 4) is 23.6 Å². The monoisotopic (exact) mass is 488 g/mol. The average molecular weight is 489 g/mol. The molecule has 3 N–H and O–H groups in total. The molecule has 3 unspecified atom stereocenters. The van der Waals surface area contributed by atoms with E-state index in [1.807, 2.05) is 32.0 Å². The second kappa shape index (κ2) is 11.7. The molecule has 0 bridgehead atoms. The summed E-state index contributed by atoms with van der Waals surface area (Å²) in [5, 5.41) is 14.8. The minimum absolute atomic E-state index is 0.104. The van der Waals surface area contributed by atoms with E-state index in [-0.39, 0.29) is 5.56 Å². The number of fused-ring (bicyclic) bond motifs is 1. The number of rotatable bonds is 5. The Bertz CT molecular complexity index is 1030. The number of thiol groups is 1. The predicted octanol–water partition coefficient (Wildman–Crippen LogP) is 5.35. The van der Waals surface area contributed by atoms with Gasteiger partial charge in [0.1, 0.15) is 0 Å². The van der Waals surface area contributed by atoms with Crippen LogP contribution in [-0.2, 0) is 4.79 Å². The third-order valence-electron chi connectivity index (χ3n) is 6.85. The topological polar surface area (TPSA) is 61.4 Å². The molecule has 0 aromatic heterocycles. The molecule has 0 amide bonds.